The van der Waals surface area contributed by atoms with Gasteiger partial charge in [-0.1, -0.05) is 29.8 Å². The zero-order valence-electron chi connectivity index (χ0n) is 10.1. The molecule has 0 bridgehead atoms. The van der Waals surface area contributed by atoms with Gasteiger partial charge in [-0.2, -0.15) is 0 Å². The zero-order valence-corrected chi connectivity index (χ0v) is 10.9. The molecule has 2 atom stereocenters. The molecule has 1 saturated heterocycles. The lowest BCUT2D eigenvalue weighted by atomic mass is 9.85. The Morgan fingerprint density at radius 2 is 2.00 bits per heavy atom. The Kier molecular flexibility index (Phi) is 3.54. The summed E-state index contributed by atoms with van der Waals surface area (Å²) < 4.78 is 23.0. The van der Waals surface area contributed by atoms with Crippen LogP contribution >= 0.6 is 0 Å². The SMILES string of the molecule is Cc1ccc(C(CN)C2CCS(=O)(=O)C2)cc1. The van der Waals surface area contributed by atoms with Crippen molar-refractivity contribution in [2.75, 3.05) is 18.1 Å². The van der Waals surface area contributed by atoms with E-state index in [1.807, 2.05) is 6.92 Å². The fourth-order valence-corrected chi connectivity index (χ4v) is 4.44. The van der Waals surface area contributed by atoms with E-state index in [0.717, 1.165) is 6.42 Å². The van der Waals surface area contributed by atoms with Gasteiger partial charge >= 0.3 is 0 Å². The van der Waals surface area contributed by atoms with Crippen LogP contribution in [0.4, 0.5) is 0 Å². The molecule has 1 heterocycles. The van der Waals surface area contributed by atoms with Crippen LogP contribution < -0.4 is 5.73 Å². The summed E-state index contributed by atoms with van der Waals surface area (Å²) in [5.74, 6) is 0.976. The summed E-state index contributed by atoms with van der Waals surface area (Å²) in [5, 5.41) is 0. The van der Waals surface area contributed by atoms with Crippen LogP contribution in [-0.4, -0.2) is 26.5 Å². The van der Waals surface area contributed by atoms with Gasteiger partial charge in [-0.25, -0.2) is 8.42 Å². The van der Waals surface area contributed by atoms with E-state index < -0.39 is 9.84 Å². The molecule has 94 valence electrons. The number of sulfone groups is 1. The molecule has 1 aromatic rings. The quantitative estimate of drug-likeness (QED) is 0.887. The predicted octanol–water partition coefficient (Wildman–Crippen LogP) is 1.47. The van der Waals surface area contributed by atoms with E-state index in [1.165, 1.54) is 11.1 Å². The van der Waals surface area contributed by atoms with Crippen LogP contribution in [0.15, 0.2) is 24.3 Å². The Hall–Kier alpha value is -0.870. The van der Waals surface area contributed by atoms with Gasteiger partial charge in [0.1, 0.15) is 0 Å². The maximum atomic E-state index is 11.5. The topological polar surface area (TPSA) is 60.2 Å². The molecule has 3 nitrogen and oxygen atoms in total. The minimum atomic E-state index is -2.82. The van der Waals surface area contributed by atoms with E-state index in [9.17, 15) is 8.42 Å². The largest absolute Gasteiger partial charge is 0.330 e. The highest BCUT2D eigenvalue weighted by molar-refractivity contribution is 7.91. The highest BCUT2D eigenvalue weighted by atomic mass is 32.2. The smallest absolute Gasteiger partial charge is 0.150 e. The fourth-order valence-electron chi connectivity index (χ4n) is 2.56. The third-order valence-electron chi connectivity index (χ3n) is 3.60. The van der Waals surface area contributed by atoms with Gasteiger partial charge in [0.15, 0.2) is 9.84 Å². The Balaban J connectivity index is 2.20. The van der Waals surface area contributed by atoms with E-state index in [0.29, 0.717) is 18.1 Å². The number of aryl methyl sites for hydroxylation is 1. The second kappa shape index (κ2) is 4.78. The first kappa shape index (κ1) is 12.6. The lowest BCUT2D eigenvalue weighted by molar-refractivity contribution is 0.474. The van der Waals surface area contributed by atoms with Gasteiger partial charge in [-0.3, -0.25) is 0 Å². The summed E-state index contributed by atoms with van der Waals surface area (Å²) >= 11 is 0. The van der Waals surface area contributed by atoms with Crippen LogP contribution in [0.5, 0.6) is 0 Å². The molecule has 2 N–H and O–H groups in total. The van der Waals surface area contributed by atoms with Gasteiger partial charge in [0, 0.05) is 0 Å². The van der Waals surface area contributed by atoms with Crippen LogP contribution in [-0.2, 0) is 9.84 Å². The Morgan fingerprint density at radius 3 is 2.47 bits per heavy atom. The van der Waals surface area contributed by atoms with Crippen molar-refractivity contribution in [3.63, 3.8) is 0 Å². The number of hydrogen-bond donors (Lipinski definition) is 1. The predicted molar refractivity (Wildman–Crippen MR) is 69.7 cm³/mol. The summed E-state index contributed by atoms with van der Waals surface area (Å²) in [6.45, 7) is 2.56. The third kappa shape index (κ3) is 2.87. The van der Waals surface area contributed by atoms with Crippen molar-refractivity contribution in [2.24, 2.45) is 11.7 Å². The Labute approximate surface area is 103 Å². The van der Waals surface area contributed by atoms with Gasteiger partial charge in [0.05, 0.1) is 11.5 Å². The average Bonchev–Trinajstić information content (AvgIpc) is 2.63. The minimum absolute atomic E-state index is 0.174. The molecule has 0 aromatic heterocycles. The lowest BCUT2D eigenvalue weighted by Gasteiger charge is -2.21. The van der Waals surface area contributed by atoms with Crippen molar-refractivity contribution >= 4 is 9.84 Å². The number of nitrogens with two attached hydrogens (primary N) is 1. The molecular weight excluding hydrogens is 234 g/mol. The zero-order chi connectivity index (χ0) is 12.5. The maximum absolute atomic E-state index is 11.5. The van der Waals surface area contributed by atoms with Crippen molar-refractivity contribution in [3.05, 3.63) is 35.4 Å². The molecule has 0 radical (unpaired) electrons. The molecule has 1 fully saturated rings. The van der Waals surface area contributed by atoms with Gasteiger partial charge in [0.2, 0.25) is 0 Å². The molecular formula is C13H19NO2S. The van der Waals surface area contributed by atoms with Crippen molar-refractivity contribution in [2.45, 2.75) is 19.3 Å². The average molecular weight is 253 g/mol. The van der Waals surface area contributed by atoms with E-state index >= 15 is 0 Å². The summed E-state index contributed by atoms with van der Waals surface area (Å²) in [6.07, 6.45) is 0.748. The first-order valence-corrected chi connectivity index (χ1v) is 7.81. The van der Waals surface area contributed by atoms with Crippen LogP contribution in [0.1, 0.15) is 23.5 Å². The fraction of sp³-hybridized carbons (Fsp3) is 0.538. The molecule has 17 heavy (non-hydrogen) atoms. The normalized spacial score (nSPS) is 24.7. The molecule has 1 aliphatic rings. The monoisotopic (exact) mass is 253 g/mol. The molecule has 0 amide bonds. The molecule has 1 aliphatic heterocycles. The summed E-state index contributed by atoms with van der Waals surface area (Å²) in [4.78, 5) is 0. The van der Waals surface area contributed by atoms with Crippen molar-refractivity contribution in [3.8, 4) is 0 Å². The highest BCUT2D eigenvalue weighted by Gasteiger charge is 2.33. The standard InChI is InChI=1S/C13H19NO2S/c1-10-2-4-11(5-3-10)13(8-14)12-6-7-17(15,16)9-12/h2-5,12-13H,6-9,14H2,1H3. The molecule has 0 aliphatic carbocycles. The van der Waals surface area contributed by atoms with Crippen LogP contribution in [0, 0.1) is 12.8 Å². The van der Waals surface area contributed by atoms with Crippen LogP contribution in [0.2, 0.25) is 0 Å². The van der Waals surface area contributed by atoms with Gasteiger partial charge in [0.25, 0.3) is 0 Å². The summed E-state index contributed by atoms with van der Waals surface area (Å²) in [5.41, 5.74) is 8.19. The molecule has 4 heteroatoms. The molecule has 2 rings (SSSR count). The molecule has 1 aromatic carbocycles. The highest BCUT2D eigenvalue weighted by Crippen LogP contribution is 2.32. The number of benzene rings is 1. The van der Waals surface area contributed by atoms with E-state index in [4.69, 9.17) is 5.73 Å². The Morgan fingerprint density at radius 1 is 1.35 bits per heavy atom. The first-order chi connectivity index (χ1) is 8.02. The van der Waals surface area contributed by atoms with Gasteiger partial charge < -0.3 is 5.73 Å². The van der Waals surface area contributed by atoms with Gasteiger partial charge in [-0.15, -0.1) is 0 Å². The first-order valence-electron chi connectivity index (χ1n) is 5.99. The van der Waals surface area contributed by atoms with Crippen LogP contribution in [0.25, 0.3) is 0 Å². The number of rotatable bonds is 3. The van der Waals surface area contributed by atoms with Gasteiger partial charge in [-0.05, 0) is 37.3 Å². The second-order valence-corrected chi connectivity index (χ2v) is 7.14. The van der Waals surface area contributed by atoms with E-state index in [2.05, 4.69) is 24.3 Å². The molecule has 0 saturated carbocycles. The van der Waals surface area contributed by atoms with E-state index in [-0.39, 0.29) is 11.8 Å². The molecule has 0 spiro atoms. The van der Waals surface area contributed by atoms with E-state index in [1.54, 1.807) is 0 Å². The minimum Gasteiger partial charge on any atom is -0.330 e. The lowest BCUT2D eigenvalue weighted by Crippen LogP contribution is -2.22. The number of hydrogen-bond acceptors (Lipinski definition) is 3. The van der Waals surface area contributed by atoms with Crippen molar-refractivity contribution in [1.82, 2.24) is 0 Å². The second-order valence-electron chi connectivity index (χ2n) is 4.92. The molecule has 2 unspecified atom stereocenters. The summed E-state index contributed by atoms with van der Waals surface area (Å²) in [7, 11) is -2.82. The summed E-state index contributed by atoms with van der Waals surface area (Å²) in [6, 6.07) is 8.25. The maximum Gasteiger partial charge on any atom is 0.150 e. The Bertz CT molecular complexity index is 479. The van der Waals surface area contributed by atoms with Crippen molar-refractivity contribution < 1.29 is 8.42 Å². The van der Waals surface area contributed by atoms with Crippen molar-refractivity contribution in [1.29, 1.82) is 0 Å². The third-order valence-corrected chi connectivity index (χ3v) is 5.39. The van der Waals surface area contributed by atoms with Crippen LogP contribution in [0.3, 0.4) is 0 Å².